The van der Waals surface area contributed by atoms with E-state index >= 15 is 0 Å². The van der Waals surface area contributed by atoms with Gasteiger partial charge in [0.1, 0.15) is 11.4 Å². The summed E-state index contributed by atoms with van der Waals surface area (Å²) in [4.78, 5) is 27.4. The van der Waals surface area contributed by atoms with Crippen molar-refractivity contribution in [3.63, 3.8) is 0 Å². The lowest BCUT2D eigenvalue weighted by Gasteiger charge is -2.29. The molecule has 2 amide bonds. The Labute approximate surface area is 151 Å². The molecule has 1 fully saturated rings. The molecule has 25 heavy (non-hydrogen) atoms. The zero-order valence-electron chi connectivity index (χ0n) is 14.7. The van der Waals surface area contributed by atoms with Crippen LogP contribution in [-0.2, 0) is 9.53 Å². The maximum absolute atomic E-state index is 13.2. The van der Waals surface area contributed by atoms with E-state index in [0.717, 1.165) is 0 Å². The maximum Gasteiger partial charge on any atom is 0.407 e. The summed E-state index contributed by atoms with van der Waals surface area (Å²) in [6.45, 7) is 5.55. The Morgan fingerprint density at radius 2 is 1.96 bits per heavy atom. The van der Waals surface area contributed by atoms with E-state index in [4.69, 9.17) is 17.0 Å². The van der Waals surface area contributed by atoms with Gasteiger partial charge >= 0.3 is 6.09 Å². The summed E-state index contributed by atoms with van der Waals surface area (Å²) in [6, 6.07) is 5.22. The van der Waals surface area contributed by atoms with Gasteiger partial charge in [0, 0.05) is 13.6 Å². The number of halogens is 1. The minimum absolute atomic E-state index is 0.0975. The molecule has 8 heteroatoms. The number of hydrogen-bond acceptors (Lipinski definition) is 4. The lowest BCUT2D eigenvalue weighted by Crippen LogP contribution is -2.43. The Morgan fingerprint density at radius 3 is 2.44 bits per heavy atom. The van der Waals surface area contributed by atoms with Crippen molar-refractivity contribution in [3.8, 4) is 0 Å². The standard InChI is InChI=1S/C17H22FN3O3S/c1-17(2,3)24-15(23)19-9-13(11-5-7-12(18)8-6-11)21-14(22)10-20(4)16(21)25/h5-8,13H,9-10H2,1-4H3,(H,19,23). The molecule has 0 radical (unpaired) electrons. The van der Waals surface area contributed by atoms with Gasteiger partial charge in [-0.1, -0.05) is 12.1 Å². The fourth-order valence-electron chi connectivity index (χ4n) is 2.48. The Balaban J connectivity index is 2.21. The van der Waals surface area contributed by atoms with Crippen LogP contribution in [0.3, 0.4) is 0 Å². The van der Waals surface area contributed by atoms with Crippen LogP contribution in [0.1, 0.15) is 32.4 Å². The molecule has 0 saturated carbocycles. The van der Waals surface area contributed by atoms with Crippen LogP contribution >= 0.6 is 12.2 Å². The highest BCUT2D eigenvalue weighted by Gasteiger charge is 2.37. The molecule has 2 rings (SSSR count). The van der Waals surface area contributed by atoms with Crippen LogP contribution in [0.4, 0.5) is 9.18 Å². The van der Waals surface area contributed by atoms with Crippen LogP contribution in [0.15, 0.2) is 24.3 Å². The molecular formula is C17H22FN3O3S. The van der Waals surface area contributed by atoms with Crippen molar-refractivity contribution >= 4 is 29.3 Å². The molecule has 0 spiro atoms. The molecule has 1 aliphatic heterocycles. The summed E-state index contributed by atoms with van der Waals surface area (Å²) in [5.41, 5.74) is 0.0394. The summed E-state index contributed by atoms with van der Waals surface area (Å²) < 4.78 is 18.5. The number of nitrogens with one attached hydrogen (secondary N) is 1. The van der Waals surface area contributed by atoms with Gasteiger partial charge in [-0.15, -0.1) is 0 Å². The number of carbonyl (C=O) groups excluding carboxylic acids is 2. The average Bonchev–Trinajstić information content (AvgIpc) is 2.73. The molecule has 1 saturated heterocycles. The van der Waals surface area contributed by atoms with Crippen LogP contribution in [0.25, 0.3) is 0 Å². The Morgan fingerprint density at radius 1 is 1.36 bits per heavy atom. The van der Waals surface area contributed by atoms with Crippen LogP contribution in [0.5, 0.6) is 0 Å². The van der Waals surface area contributed by atoms with Crippen LogP contribution < -0.4 is 5.32 Å². The summed E-state index contributed by atoms with van der Waals surface area (Å²) in [7, 11) is 1.73. The topological polar surface area (TPSA) is 61.9 Å². The summed E-state index contributed by atoms with van der Waals surface area (Å²) in [5.74, 6) is -0.553. The molecule has 0 bridgehead atoms. The number of rotatable bonds is 4. The fourth-order valence-corrected chi connectivity index (χ4v) is 2.78. The highest BCUT2D eigenvalue weighted by Crippen LogP contribution is 2.25. The smallest absolute Gasteiger partial charge is 0.407 e. The molecule has 0 aromatic heterocycles. The van der Waals surface area contributed by atoms with Crippen molar-refractivity contribution < 1.29 is 18.7 Å². The van der Waals surface area contributed by atoms with Crippen LogP contribution in [0, 0.1) is 5.82 Å². The zero-order valence-corrected chi connectivity index (χ0v) is 15.5. The van der Waals surface area contributed by atoms with E-state index in [0.29, 0.717) is 10.7 Å². The van der Waals surface area contributed by atoms with E-state index in [2.05, 4.69) is 5.32 Å². The quantitative estimate of drug-likeness (QED) is 0.829. The lowest BCUT2D eigenvalue weighted by molar-refractivity contribution is -0.126. The number of amides is 2. The van der Waals surface area contributed by atoms with Gasteiger partial charge in [-0.25, -0.2) is 9.18 Å². The highest BCUT2D eigenvalue weighted by atomic mass is 32.1. The molecule has 1 N–H and O–H groups in total. The van der Waals surface area contributed by atoms with E-state index in [1.807, 2.05) is 0 Å². The van der Waals surface area contributed by atoms with Crippen LogP contribution in [0.2, 0.25) is 0 Å². The summed E-state index contributed by atoms with van der Waals surface area (Å²) in [5, 5.41) is 3.02. The van der Waals surface area contributed by atoms with Crippen molar-refractivity contribution in [3.05, 3.63) is 35.6 Å². The monoisotopic (exact) mass is 367 g/mol. The minimum atomic E-state index is -0.631. The number of thiocarbonyl (C=S) groups is 1. The Bertz CT molecular complexity index is 673. The van der Waals surface area contributed by atoms with E-state index in [9.17, 15) is 14.0 Å². The minimum Gasteiger partial charge on any atom is -0.444 e. The van der Waals surface area contributed by atoms with Crippen molar-refractivity contribution in [1.82, 2.24) is 15.1 Å². The number of benzene rings is 1. The molecular weight excluding hydrogens is 345 g/mol. The first-order valence-corrected chi connectivity index (χ1v) is 8.29. The molecule has 1 heterocycles. The Kier molecular flexibility index (Phi) is 5.62. The van der Waals surface area contributed by atoms with Crippen molar-refractivity contribution in [2.75, 3.05) is 20.1 Å². The predicted octanol–water partition coefficient (Wildman–Crippen LogP) is 2.45. The first-order chi connectivity index (χ1) is 11.6. The second-order valence-corrected chi connectivity index (χ2v) is 7.22. The number of hydrogen-bond donors (Lipinski definition) is 1. The largest absolute Gasteiger partial charge is 0.444 e. The lowest BCUT2D eigenvalue weighted by atomic mass is 10.1. The second kappa shape index (κ2) is 7.35. The second-order valence-electron chi connectivity index (χ2n) is 6.85. The molecule has 1 unspecified atom stereocenters. The van der Waals surface area contributed by atoms with E-state index in [1.165, 1.54) is 17.0 Å². The molecule has 1 aromatic rings. The summed E-state index contributed by atoms with van der Waals surface area (Å²) >= 11 is 5.32. The van der Waals surface area contributed by atoms with Crippen molar-refractivity contribution in [2.24, 2.45) is 0 Å². The van der Waals surface area contributed by atoms with Crippen LogP contribution in [-0.4, -0.2) is 52.7 Å². The van der Waals surface area contributed by atoms with E-state index < -0.39 is 17.7 Å². The number of ether oxygens (including phenoxy) is 1. The molecule has 1 aromatic carbocycles. The van der Waals surface area contributed by atoms with Crippen molar-refractivity contribution in [2.45, 2.75) is 32.4 Å². The fraction of sp³-hybridized carbons (Fsp3) is 0.471. The van der Waals surface area contributed by atoms with E-state index in [1.54, 1.807) is 44.9 Å². The predicted molar refractivity (Wildman–Crippen MR) is 95.5 cm³/mol. The van der Waals surface area contributed by atoms with Gasteiger partial charge in [0.05, 0.1) is 12.6 Å². The number of likely N-dealkylation sites (N-methyl/N-ethyl adjacent to an activating group) is 1. The maximum atomic E-state index is 13.2. The molecule has 0 aliphatic carbocycles. The van der Waals surface area contributed by atoms with Gasteiger partial charge in [0.25, 0.3) is 0 Å². The summed E-state index contributed by atoms with van der Waals surface area (Å²) in [6.07, 6.45) is -0.592. The third kappa shape index (κ3) is 4.88. The van der Waals surface area contributed by atoms with Gasteiger partial charge in [-0.2, -0.15) is 0 Å². The normalized spacial score (nSPS) is 16.2. The molecule has 136 valence electrons. The number of carbonyl (C=O) groups is 2. The average molecular weight is 367 g/mol. The molecule has 1 aliphatic rings. The SMILES string of the molecule is CN1CC(=O)N(C(CNC(=O)OC(C)(C)C)c2ccc(F)cc2)C1=S. The third-order valence-corrected chi connectivity index (χ3v) is 4.09. The van der Waals surface area contributed by atoms with Gasteiger partial charge in [0.15, 0.2) is 5.11 Å². The first-order valence-electron chi connectivity index (χ1n) is 7.88. The Hall–Kier alpha value is -2.22. The first kappa shape index (κ1) is 19.1. The van der Waals surface area contributed by atoms with Gasteiger partial charge in [-0.3, -0.25) is 9.69 Å². The zero-order chi connectivity index (χ0) is 18.8. The van der Waals surface area contributed by atoms with Gasteiger partial charge in [-0.05, 0) is 50.7 Å². The molecule has 1 atom stereocenters. The number of alkyl carbamates (subject to hydrolysis) is 1. The third-order valence-electron chi connectivity index (χ3n) is 3.58. The van der Waals surface area contributed by atoms with Crippen molar-refractivity contribution in [1.29, 1.82) is 0 Å². The van der Waals surface area contributed by atoms with Gasteiger partial charge in [0.2, 0.25) is 5.91 Å². The highest BCUT2D eigenvalue weighted by molar-refractivity contribution is 7.80. The van der Waals surface area contributed by atoms with Gasteiger partial charge < -0.3 is 15.0 Å². The molecule has 6 nitrogen and oxygen atoms in total. The number of nitrogens with zero attached hydrogens (tertiary/aromatic N) is 2. The van der Waals surface area contributed by atoms with E-state index in [-0.39, 0.29) is 24.8 Å².